The number of rotatable bonds is 7. The molecule has 0 aliphatic carbocycles. The van der Waals surface area contributed by atoms with Gasteiger partial charge < -0.3 is 16.1 Å². The summed E-state index contributed by atoms with van der Waals surface area (Å²) in [6.07, 6.45) is 2.71. The third-order valence-electron chi connectivity index (χ3n) is 4.49. The van der Waals surface area contributed by atoms with Crippen LogP contribution in [0.4, 0.5) is 4.39 Å². The minimum Gasteiger partial charge on any atom is -0.361 e. The number of aromatic amines is 1. The molecule has 4 rings (SSSR count). The summed E-state index contributed by atoms with van der Waals surface area (Å²) in [4.78, 5) is 15.4. The lowest BCUT2D eigenvalue weighted by Gasteiger charge is -2.05. The first-order chi connectivity index (χ1) is 14.1. The van der Waals surface area contributed by atoms with Crippen LogP contribution < -0.4 is 11.2 Å². The maximum Gasteiger partial charge on any atom is 0.230 e. The van der Waals surface area contributed by atoms with Gasteiger partial charge >= 0.3 is 0 Å². The number of nitrogens with two attached hydrogens (primary N) is 1. The molecule has 0 saturated carbocycles. The Bertz CT molecular complexity index is 1140. The van der Waals surface area contributed by atoms with Crippen molar-refractivity contribution in [3.05, 3.63) is 66.1 Å². The first-order valence-corrected chi connectivity index (χ1v) is 10.0. The molecule has 4 N–H and O–H groups in total. The van der Waals surface area contributed by atoms with Crippen LogP contribution in [0.5, 0.6) is 0 Å². The molecule has 0 fully saturated rings. The Labute approximate surface area is 170 Å². The fourth-order valence-corrected chi connectivity index (χ4v) is 3.71. The van der Waals surface area contributed by atoms with Crippen LogP contribution in [0.2, 0.25) is 0 Å². The summed E-state index contributed by atoms with van der Waals surface area (Å²) in [5, 5.41) is 12.5. The number of nitrogen functional groups attached to an aromatic ring is 1. The lowest BCUT2D eigenvalue weighted by molar-refractivity contribution is -0.118. The van der Waals surface area contributed by atoms with Gasteiger partial charge in [0, 0.05) is 29.2 Å². The minimum absolute atomic E-state index is 0.110. The normalized spacial score (nSPS) is 11.1. The standard InChI is InChI=1S/C20H19FN6OS/c21-15-7-5-13(6-8-15)19-25-26-20(27(19)22)29-12-18(28)23-10-9-14-11-24-17-4-2-1-3-16(14)17/h1-8,11,24H,9-10,12,22H2,(H,23,28). The van der Waals surface area contributed by atoms with Gasteiger partial charge in [-0.05, 0) is 42.3 Å². The number of para-hydroxylation sites is 1. The highest BCUT2D eigenvalue weighted by Gasteiger charge is 2.14. The monoisotopic (exact) mass is 410 g/mol. The van der Waals surface area contributed by atoms with Gasteiger partial charge in [0.05, 0.1) is 5.75 Å². The number of carbonyl (C=O) groups is 1. The first-order valence-electron chi connectivity index (χ1n) is 9.03. The van der Waals surface area contributed by atoms with E-state index in [1.807, 2.05) is 24.4 Å². The van der Waals surface area contributed by atoms with E-state index >= 15 is 0 Å². The zero-order valence-electron chi connectivity index (χ0n) is 15.4. The van der Waals surface area contributed by atoms with E-state index in [1.165, 1.54) is 39.5 Å². The number of amides is 1. The van der Waals surface area contributed by atoms with E-state index in [0.717, 1.165) is 11.9 Å². The Morgan fingerprint density at radius 2 is 1.97 bits per heavy atom. The van der Waals surface area contributed by atoms with Crippen LogP contribution in [-0.4, -0.2) is 38.1 Å². The second kappa shape index (κ2) is 8.36. The highest BCUT2D eigenvalue weighted by molar-refractivity contribution is 7.99. The van der Waals surface area contributed by atoms with Crippen molar-refractivity contribution in [3.8, 4) is 11.4 Å². The second-order valence-corrected chi connectivity index (χ2v) is 7.37. The van der Waals surface area contributed by atoms with Gasteiger partial charge in [-0.2, -0.15) is 0 Å². The Morgan fingerprint density at radius 3 is 2.79 bits per heavy atom. The second-order valence-electron chi connectivity index (χ2n) is 6.43. The number of hydrogen-bond donors (Lipinski definition) is 3. The summed E-state index contributed by atoms with van der Waals surface area (Å²) >= 11 is 1.20. The molecule has 2 aromatic heterocycles. The Kier molecular flexibility index (Phi) is 5.48. The molecule has 0 aliphatic rings. The molecular weight excluding hydrogens is 391 g/mol. The summed E-state index contributed by atoms with van der Waals surface area (Å²) in [6.45, 7) is 0.539. The number of hydrogen-bond acceptors (Lipinski definition) is 5. The highest BCUT2D eigenvalue weighted by Crippen LogP contribution is 2.22. The number of nitrogens with zero attached hydrogens (tertiary/aromatic N) is 3. The third-order valence-corrected chi connectivity index (χ3v) is 5.43. The predicted molar refractivity (Wildman–Crippen MR) is 111 cm³/mol. The van der Waals surface area contributed by atoms with Crippen LogP contribution in [0, 0.1) is 5.82 Å². The van der Waals surface area contributed by atoms with Gasteiger partial charge in [0.1, 0.15) is 5.82 Å². The fourth-order valence-electron chi connectivity index (χ4n) is 3.03. The summed E-state index contributed by atoms with van der Waals surface area (Å²) in [5.41, 5.74) is 2.90. The molecule has 148 valence electrons. The van der Waals surface area contributed by atoms with Gasteiger partial charge in [-0.3, -0.25) is 4.79 Å². The highest BCUT2D eigenvalue weighted by atomic mass is 32.2. The van der Waals surface area contributed by atoms with Gasteiger partial charge in [-0.15, -0.1) is 10.2 Å². The number of thioether (sulfide) groups is 1. The lowest BCUT2D eigenvalue weighted by atomic mass is 10.1. The summed E-state index contributed by atoms with van der Waals surface area (Å²) in [7, 11) is 0. The van der Waals surface area contributed by atoms with E-state index in [9.17, 15) is 9.18 Å². The van der Waals surface area contributed by atoms with Crippen molar-refractivity contribution in [2.24, 2.45) is 0 Å². The molecule has 29 heavy (non-hydrogen) atoms. The van der Waals surface area contributed by atoms with Crippen molar-refractivity contribution in [3.63, 3.8) is 0 Å². The van der Waals surface area contributed by atoms with Gasteiger partial charge in [-0.25, -0.2) is 9.07 Å². The summed E-state index contributed by atoms with van der Waals surface area (Å²) in [6, 6.07) is 13.9. The maximum absolute atomic E-state index is 13.1. The Morgan fingerprint density at radius 1 is 1.17 bits per heavy atom. The molecule has 0 bridgehead atoms. The lowest BCUT2D eigenvalue weighted by Crippen LogP contribution is -2.27. The molecule has 2 aromatic carbocycles. The number of carbonyl (C=O) groups excluding carboxylic acids is 1. The fraction of sp³-hybridized carbons (Fsp3) is 0.150. The van der Waals surface area contributed by atoms with E-state index in [0.29, 0.717) is 23.1 Å². The minimum atomic E-state index is -0.337. The maximum atomic E-state index is 13.1. The number of H-pyrrole nitrogens is 1. The average molecular weight is 410 g/mol. The van der Waals surface area contributed by atoms with E-state index in [1.54, 1.807) is 12.1 Å². The topological polar surface area (TPSA) is 102 Å². The van der Waals surface area contributed by atoms with Gasteiger partial charge in [-0.1, -0.05) is 30.0 Å². The van der Waals surface area contributed by atoms with Gasteiger partial charge in [0.25, 0.3) is 0 Å². The summed E-state index contributed by atoms with van der Waals surface area (Å²) in [5.74, 6) is 6.15. The molecule has 2 heterocycles. The van der Waals surface area contributed by atoms with Gasteiger partial charge in [0.15, 0.2) is 5.82 Å². The van der Waals surface area contributed by atoms with Crippen LogP contribution in [-0.2, 0) is 11.2 Å². The van der Waals surface area contributed by atoms with E-state index in [-0.39, 0.29) is 17.5 Å². The molecule has 4 aromatic rings. The van der Waals surface area contributed by atoms with E-state index in [4.69, 9.17) is 5.84 Å². The molecule has 0 saturated heterocycles. The van der Waals surface area contributed by atoms with Crippen molar-refractivity contribution < 1.29 is 9.18 Å². The molecule has 0 unspecified atom stereocenters. The average Bonchev–Trinajstić information content (AvgIpc) is 3.31. The van der Waals surface area contributed by atoms with Crippen molar-refractivity contribution in [2.75, 3.05) is 18.1 Å². The Balaban J connectivity index is 1.29. The van der Waals surface area contributed by atoms with Crippen molar-refractivity contribution >= 4 is 28.6 Å². The number of halogens is 1. The molecular formula is C20H19FN6OS. The quantitative estimate of drug-likeness (QED) is 0.321. The van der Waals surface area contributed by atoms with E-state index < -0.39 is 0 Å². The number of nitrogens with one attached hydrogen (secondary N) is 2. The molecule has 0 spiro atoms. The first kappa shape index (κ1) is 19.0. The zero-order chi connectivity index (χ0) is 20.2. The Hall–Kier alpha value is -3.33. The third kappa shape index (κ3) is 4.24. The SMILES string of the molecule is Nn1c(SCC(=O)NCCc2c[nH]c3ccccc23)nnc1-c1ccc(F)cc1. The molecule has 0 radical (unpaired) electrons. The van der Waals surface area contributed by atoms with Crippen LogP contribution in [0.3, 0.4) is 0 Å². The number of benzene rings is 2. The smallest absolute Gasteiger partial charge is 0.230 e. The van der Waals surface area contributed by atoms with Crippen LogP contribution in [0.15, 0.2) is 59.9 Å². The molecule has 1 amide bonds. The van der Waals surface area contributed by atoms with Crippen molar-refractivity contribution in [2.45, 2.75) is 11.6 Å². The van der Waals surface area contributed by atoms with Crippen LogP contribution in [0.25, 0.3) is 22.3 Å². The predicted octanol–water partition coefficient (Wildman–Crippen LogP) is 2.73. The molecule has 7 nitrogen and oxygen atoms in total. The molecule has 0 aliphatic heterocycles. The summed E-state index contributed by atoms with van der Waals surface area (Å²) < 4.78 is 14.4. The van der Waals surface area contributed by atoms with E-state index in [2.05, 4.69) is 26.6 Å². The van der Waals surface area contributed by atoms with Gasteiger partial charge in [0.2, 0.25) is 11.1 Å². The number of aromatic nitrogens is 4. The van der Waals surface area contributed by atoms with Crippen LogP contribution in [0.1, 0.15) is 5.56 Å². The number of fused-ring (bicyclic) bond motifs is 1. The van der Waals surface area contributed by atoms with Crippen LogP contribution >= 0.6 is 11.8 Å². The van der Waals surface area contributed by atoms with Crippen molar-refractivity contribution in [1.29, 1.82) is 0 Å². The molecule has 0 atom stereocenters. The molecule has 9 heteroatoms. The zero-order valence-corrected chi connectivity index (χ0v) is 16.2. The van der Waals surface area contributed by atoms with Crippen molar-refractivity contribution in [1.82, 2.24) is 25.2 Å². The largest absolute Gasteiger partial charge is 0.361 e.